The molecule has 166 valence electrons. The van der Waals surface area contributed by atoms with Gasteiger partial charge in [-0.2, -0.15) is 0 Å². The van der Waals surface area contributed by atoms with Crippen molar-refractivity contribution in [2.24, 2.45) is 0 Å². The Labute approximate surface area is 191 Å². The zero-order valence-electron chi connectivity index (χ0n) is 16.9. The molecule has 0 aliphatic carbocycles. The van der Waals surface area contributed by atoms with Gasteiger partial charge in [0.1, 0.15) is 22.8 Å². The predicted octanol–water partition coefficient (Wildman–Crippen LogP) is 4.18. The molecule has 0 radical (unpaired) electrons. The maximum atomic E-state index is 12.9. The molecule has 1 aliphatic rings. The number of nitro groups is 1. The molecule has 0 spiro atoms. The predicted molar refractivity (Wildman–Crippen MR) is 118 cm³/mol. The summed E-state index contributed by atoms with van der Waals surface area (Å²) in [5.41, 5.74) is 0.197. The number of nitro benzene ring substituents is 1. The van der Waals surface area contributed by atoms with E-state index in [1.54, 1.807) is 6.07 Å². The number of non-ortho nitro benzene ring substituents is 1. The van der Waals surface area contributed by atoms with Gasteiger partial charge in [-0.3, -0.25) is 25.0 Å². The van der Waals surface area contributed by atoms with Crippen LogP contribution in [0.1, 0.15) is 5.76 Å². The number of nitrogens with zero attached hydrogens (tertiary/aromatic N) is 2. The number of anilines is 1. The second kappa shape index (κ2) is 8.60. The first-order chi connectivity index (χ1) is 15.8. The lowest BCUT2D eigenvalue weighted by molar-refractivity contribution is -0.384. The highest BCUT2D eigenvalue weighted by molar-refractivity contribution is 6.39. The van der Waals surface area contributed by atoms with Crippen LogP contribution in [-0.2, 0) is 9.59 Å². The Morgan fingerprint density at radius 1 is 1.09 bits per heavy atom. The first-order valence-corrected chi connectivity index (χ1v) is 9.76. The van der Waals surface area contributed by atoms with Gasteiger partial charge in [0.15, 0.2) is 0 Å². The van der Waals surface area contributed by atoms with E-state index in [-0.39, 0.29) is 28.5 Å². The zero-order chi connectivity index (χ0) is 23.7. The minimum absolute atomic E-state index is 0.148. The van der Waals surface area contributed by atoms with Crippen molar-refractivity contribution < 1.29 is 28.5 Å². The van der Waals surface area contributed by atoms with Gasteiger partial charge in [0, 0.05) is 11.1 Å². The third kappa shape index (κ3) is 4.19. The molecule has 3 aromatic rings. The number of carbonyl (C=O) groups excluding carboxylic acids is 3. The Balaban J connectivity index is 1.67. The Hall–Kier alpha value is -4.44. The number of ether oxygens (including phenoxy) is 1. The molecule has 11 heteroatoms. The normalized spacial score (nSPS) is 15.0. The Bertz CT molecular complexity index is 1330. The summed E-state index contributed by atoms with van der Waals surface area (Å²) in [4.78, 5) is 48.8. The van der Waals surface area contributed by atoms with Crippen LogP contribution in [0.3, 0.4) is 0 Å². The van der Waals surface area contributed by atoms with E-state index in [0.717, 1.165) is 4.90 Å². The number of rotatable bonds is 5. The maximum absolute atomic E-state index is 12.9. The minimum Gasteiger partial charge on any atom is -0.496 e. The van der Waals surface area contributed by atoms with Crippen LogP contribution in [0.2, 0.25) is 5.02 Å². The lowest BCUT2D eigenvalue weighted by Gasteiger charge is -2.26. The van der Waals surface area contributed by atoms with Crippen LogP contribution >= 0.6 is 11.6 Å². The van der Waals surface area contributed by atoms with Gasteiger partial charge < -0.3 is 9.15 Å². The van der Waals surface area contributed by atoms with Gasteiger partial charge in [0.25, 0.3) is 17.5 Å². The van der Waals surface area contributed by atoms with E-state index >= 15 is 0 Å². The van der Waals surface area contributed by atoms with Crippen molar-refractivity contribution in [3.8, 4) is 17.1 Å². The van der Waals surface area contributed by atoms with Crippen molar-refractivity contribution >= 4 is 46.9 Å². The second-order valence-electron chi connectivity index (χ2n) is 6.78. The fraction of sp³-hybridized carbons (Fsp3) is 0.0455. The largest absolute Gasteiger partial charge is 0.496 e. The molecular formula is C22H14ClN3O7. The third-order valence-corrected chi connectivity index (χ3v) is 5.01. The highest BCUT2D eigenvalue weighted by Crippen LogP contribution is 2.35. The molecule has 1 fully saturated rings. The fourth-order valence-corrected chi connectivity index (χ4v) is 3.32. The number of furan rings is 1. The van der Waals surface area contributed by atoms with Crippen molar-refractivity contribution in [3.05, 3.63) is 81.1 Å². The molecule has 10 nitrogen and oxygen atoms in total. The standard InChI is InChI=1S/C22H14ClN3O7/c1-32-19-10-14(26(30)31)6-8-16(19)18-9-7-15(33-18)11-17-20(27)24-22(29)25(21(17)28)13-4-2-12(23)3-5-13/h2-11H,1H3,(H,24,27,29)/b17-11-. The molecule has 33 heavy (non-hydrogen) atoms. The van der Waals surface area contributed by atoms with Gasteiger partial charge >= 0.3 is 6.03 Å². The molecule has 2 heterocycles. The van der Waals surface area contributed by atoms with E-state index in [9.17, 15) is 24.5 Å². The van der Waals surface area contributed by atoms with Crippen molar-refractivity contribution in [1.29, 1.82) is 0 Å². The average Bonchev–Trinajstić information content (AvgIpc) is 3.25. The molecule has 4 amide bonds. The van der Waals surface area contributed by atoms with Gasteiger partial charge in [-0.25, -0.2) is 9.69 Å². The number of amides is 4. The molecule has 0 atom stereocenters. The summed E-state index contributed by atoms with van der Waals surface area (Å²) in [6.45, 7) is 0. The number of halogens is 1. The number of carbonyl (C=O) groups is 3. The molecule has 1 aromatic heterocycles. The number of nitrogens with one attached hydrogen (secondary N) is 1. The molecule has 4 rings (SSSR count). The summed E-state index contributed by atoms with van der Waals surface area (Å²) >= 11 is 5.86. The summed E-state index contributed by atoms with van der Waals surface area (Å²) in [5, 5.41) is 13.5. The van der Waals surface area contributed by atoms with Crippen molar-refractivity contribution in [3.63, 3.8) is 0 Å². The summed E-state index contributed by atoms with van der Waals surface area (Å²) in [5.74, 6) is -1.06. The molecule has 0 saturated carbocycles. The highest BCUT2D eigenvalue weighted by atomic mass is 35.5. The molecule has 1 saturated heterocycles. The molecule has 1 aliphatic heterocycles. The minimum atomic E-state index is -0.889. The SMILES string of the molecule is COc1cc([N+](=O)[O-])ccc1-c1ccc(/C=C2/C(=O)NC(=O)N(c3ccc(Cl)cc3)C2=O)o1. The van der Waals surface area contributed by atoms with Gasteiger partial charge in [0.05, 0.1) is 29.4 Å². The van der Waals surface area contributed by atoms with E-state index in [4.69, 9.17) is 20.8 Å². The Morgan fingerprint density at radius 3 is 2.48 bits per heavy atom. The highest BCUT2D eigenvalue weighted by Gasteiger charge is 2.37. The lowest BCUT2D eigenvalue weighted by Crippen LogP contribution is -2.54. The van der Waals surface area contributed by atoms with Crippen molar-refractivity contribution in [2.45, 2.75) is 0 Å². The smallest absolute Gasteiger partial charge is 0.335 e. The Kier molecular flexibility index (Phi) is 5.67. The molecule has 0 unspecified atom stereocenters. The van der Waals surface area contributed by atoms with Gasteiger partial charge in [0.2, 0.25) is 0 Å². The van der Waals surface area contributed by atoms with E-state index in [1.165, 1.54) is 61.7 Å². The van der Waals surface area contributed by atoms with Crippen LogP contribution in [0.25, 0.3) is 17.4 Å². The lowest BCUT2D eigenvalue weighted by atomic mass is 10.1. The molecule has 1 N–H and O–H groups in total. The van der Waals surface area contributed by atoms with E-state index < -0.39 is 22.8 Å². The quantitative estimate of drug-likeness (QED) is 0.257. The number of urea groups is 1. The number of imide groups is 2. The van der Waals surface area contributed by atoms with Crippen LogP contribution in [0.5, 0.6) is 5.75 Å². The average molecular weight is 468 g/mol. The van der Waals surface area contributed by atoms with Crippen LogP contribution in [0, 0.1) is 10.1 Å². The second-order valence-corrected chi connectivity index (χ2v) is 7.21. The topological polar surface area (TPSA) is 132 Å². The fourth-order valence-electron chi connectivity index (χ4n) is 3.20. The van der Waals surface area contributed by atoms with Crippen molar-refractivity contribution in [2.75, 3.05) is 12.0 Å². The van der Waals surface area contributed by atoms with Crippen LogP contribution in [-0.4, -0.2) is 29.9 Å². The van der Waals surface area contributed by atoms with Crippen molar-refractivity contribution in [1.82, 2.24) is 5.32 Å². The Morgan fingerprint density at radius 2 is 1.82 bits per heavy atom. The van der Waals surface area contributed by atoms with E-state index in [2.05, 4.69) is 5.32 Å². The van der Waals surface area contributed by atoms with E-state index in [0.29, 0.717) is 16.3 Å². The zero-order valence-corrected chi connectivity index (χ0v) is 17.7. The number of hydrogen-bond acceptors (Lipinski definition) is 7. The van der Waals surface area contributed by atoms with E-state index in [1.807, 2.05) is 0 Å². The maximum Gasteiger partial charge on any atom is 0.335 e. The van der Waals surface area contributed by atoms with Crippen LogP contribution in [0.4, 0.5) is 16.2 Å². The van der Waals surface area contributed by atoms with Crippen LogP contribution in [0.15, 0.2) is 64.6 Å². The monoisotopic (exact) mass is 467 g/mol. The third-order valence-electron chi connectivity index (χ3n) is 4.76. The molecule has 2 aromatic carbocycles. The van der Waals surface area contributed by atoms with Gasteiger partial charge in [-0.1, -0.05) is 11.6 Å². The first kappa shape index (κ1) is 21.8. The summed E-state index contributed by atoms with van der Waals surface area (Å²) in [7, 11) is 1.36. The molecule has 0 bridgehead atoms. The molecular weight excluding hydrogens is 454 g/mol. The first-order valence-electron chi connectivity index (χ1n) is 9.38. The number of benzene rings is 2. The summed E-state index contributed by atoms with van der Waals surface area (Å²) in [6.07, 6.45) is 1.20. The van der Waals surface area contributed by atoms with Crippen LogP contribution < -0.4 is 15.0 Å². The van der Waals surface area contributed by atoms with Gasteiger partial charge in [-0.05, 0) is 48.5 Å². The summed E-state index contributed by atoms with van der Waals surface area (Å²) < 4.78 is 10.9. The van der Waals surface area contributed by atoms with Gasteiger partial charge in [-0.15, -0.1) is 0 Å². The number of hydrogen-bond donors (Lipinski definition) is 1. The number of methoxy groups -OCH3 is 1. The number of barbiturate groups is 1. The summed E-state index contributed by atoms with van der Waals surface area (Å²) in [6, 6.07) is 12.2.